The Labute approximate surface area is 193 Å². The number of carbonyl (C=O) groups excluding carboxylic acids is 2. The minimum absolute atomic E-state index is 0.0722. The van der Waals surface area contributed by atoms with E-state index in [1.54, 1.807) is 0 Å². The zero-order valence-corrected chi connectivity index (χ0v) is 19.8. The number of carbonyl (C=O) groups is 2. The summed E-state index contributed by atoms with van der Waals surface area (Å²) < 4.78 is 0. The highest BCUT2D eigenvalue weighted by molar-refractivity contribution is 5.93. The van der Waals surface area contributed by atoms with Crippen molar-refractivity contribution in [3.63, 3.8) is 0 Å². The van der Waals surface area contributed by atoms with Crippen molar-refractivity contribution in [1.82, 2.24) is 4.90 Å². The van der Waals surface area contributed by atoms with Crippen LogP contribution in [0.15, 0.2) is 24.3 Å². The van der Waals surface area contributed by atoms with Gasteiger partial charge in [-0.3, -0.25) is 9.59 Å². The van der Waals surface area contributed by atoms with Gasteiger partial charge in [0.25, 0.3) is 5.91 Å². The lowest BCUT2D eigenvalue weighted by molar-refractivity contribution is -0.919. The van der Waals surface area contributed by atoms with Crippen LogP contribution in [0.5, 0.6) is 0 Å². The summed E-state index contributed by atoms with van der Waals surface area (Å²) in [7, 11) is 0. The fourth-order valence-corrected chi connectivity index (χ4v) is 5.56. The van der Waals surface area contributed by atoms with Gasteiger partial charge >= 0.3 is 0 Å². The van der Waals surface area contributed by atoms with Crippen LogP contribution in [-0.4, -0.2) is 62.0 Å². The van der Waals surface area contributed by atoms with Crippen molar-refractivity contribution in [3.8, 4) is 0 Å². The summed E-state index contributed by atoms with van der Waals surface area (Å²) in [5, 5.41) is 3.11. The Balaban J connectivity index is 1.24. The number of nitrogens with one attached hydrogen (secondary N) is 2. The summed E-state index contributed by atoms with van der Waals surface area (Å²) in [4.78, 5) is 31.6. The second-order valence-corrected chi connectivity index (χ2v) is 9.98. The zero-order valence-electron chi connectivity index (χ0n) is 19.8. The van der Waals surface area contributed by atoms with Crippen molar-refractivity contribution in [2.24, 2.45) is 5.92 Å². The Bertz CT molecular complexity index is 744. The molecule has 3 aliphatic rings. The largest absolute Gasteiger partial charge is 0.372 e. The molecule has 3 fully saturated rings. The SMILES string of the molecule is CC(C(=O)Nc1ccc(N2CCCCC2)cc1)[NH+]1CCC(C(=O)N2CCCCCC2)CC1. The van der Waals surface area contributed by atoms with E-state index < -0.39 is 0 Å². The highest BCUT2D eigenvalue weighted by atomic mass is 16.2. The Hall–Kier alpha value is -2.08. The van der Waals surface area contributed by atoms with E-state index in [2.05, 4.69) is 27.2 Å². The molecule has 3 heterocycles. The van der Waals surface area contributed by atoms with Gasteiger partial charge in [-0.25, -0.2) is 0 Å². The van der Waals surface area contributed by atoms with Crippen LogP contribution < -0.4 is 15.1 Å². The summed E-state index contributed by atoms with van der Waals surface area (Å²) in [5.74, 6) is 0.578. The van der Waals surface area contributed by atoms with Crippen LogP contribution >= 0.6 is 0 Å². The first-order valence-electron chi connectivity index (χ1n) is 12.9. The molecule has 32 heavy (non-hydrogen) atoms. The molecule has 0 spiro atoms. The quantitative estimate of drug-likeness (QED) is 0.739. The van der Waals surface area contributed by atoms with Crippen molar-refractivity contribution < 1.29 is 14.5 Å². The number of hydrogen-bond donors (Lipinski definition) is 2. The molecule has 1 aromatic rings. The summed E-state index contributed by atoms with van der Waals surface area (Å²) >= 11 is 0. The van der Waals surface area contributed by atoms with Crippen molar-refractivity contribution in [1.29, 1.82) is 0 Å². The Kier molecular flexibility index (Phi) is 8.06. The lowest BCUT2D eigenvalue weighted by Crippen LogP contribution is -3.17. The van der Waals surface area contributed by atoms with Crippen LogP contribution in [0.1, 0.15) is 64.7 Å². The highest BCUT2D eigenvalue weighted by Crippen LogP contribution is 2.22. The van der Waals surface area contributed by atoms with Gasteiger partial charge in [0, 0.05) is 56.3 Å². The molecule has 0 aromatic heterocycles. The van der Waals surface area contributed by atoms with Crippen LogP contribution in [0.4, 0.5) is 11.4 Å². The molecule has 176 valence electrons. The van der Waals surface area contributed by atoms with Gasteiger partial charge in [0.15, 0.2) is 6.04 Å². The molecule has 0 saturated carbocycles. The van der Waals surface area contributed by atoms with Gasteiger partial charge in [-0.2, -0.15) is 0 Å². The Morgan fingerprint density at radius 1 is 0.875 bits per heavy atom. The van der Waals surface area contributed by atoms with Crippen LogP contribution in [0.25, 0.3) is 0 Å². The third kappa shape index (κ3) is 5.83. The van der Waals surface area contributed by atoms with Gasteiger partial charge in [0.05, 0.1) is 13.1 Å². The molecule has 0 bridgehead atoms. The predicted molar refractivity (Wildman–Crippen MR) is 129 cm³/mol. The summed E-state index contributed by atoms with van der Waals surface area (Å²) in [5.41, 5.74) is 2.12. The van der Waals surface area contributed by atoms with Crippen LogP contribution in [-0.2, 0) is 9.59 Å². The molecular weight excluding hydrogens is 400 g/mol. The fourth-order valence-electron chi connectivity index (χ4n) is 5.56. The maximum absolute atomic E-state index is 12.9. The summed E-state index contributed by atoms with van der Waals surface area (Å²) in [6.45, 7) is 7.93. The Morgan fingerprint density at radius 3 is 2.06 bits per heavy atom. The third-order valence-corrected chi connectivity index (χ3v) is 7.76. The predicted octanol–water partition coefficient (Wildman–Crippen LogP) is 2.70. The average Bonchev–Trinajstić information content (AvgIpc) is 3.14. The van der Waals surface area contributed by atoms with Gasteiger partial charge < -0.3 is 20.0 Å². The number of rotatable bonds is 5. The zero-order chi connectivity index (χ0) is 22.3. The minimum atomic E-state index is -0.106. The van der Waals surface area contributed by atoms with Gasteiger partial charge in [-0.1, -0.05) is 12.8 Å². The molecule has 2 N–H and O–H groups in total. The summed E-state index contributed by atoms with van der Waals surface area (Å²) in [6.07, 6.45) is 10.4. The van der Waals surface area contributed by atoms with E-state index in [9.17, 15) is 9.59 Å². The smallest absolute Gasteiger partial charge is 0.282 e. The number of benzene rings is 1. The molecular formula is C26H41N4O2+. The monoisotopic (exact) mass is 441 g/mol. The molecule has 3 aliphatic heterocycles. The number of quaternary nitrogens is 1. The maximum Gasteiger partial charge on any atom is 0.282 e. The number of hydrogen-bond acceptors (Lipinski definition) is 3. The minimum Gasteiger partial charge on any atom is -0.372 e. The normalized spacial score (nSPS) is 25.7. The second kappa shape index (κ2) is 11.2. The van der Waals surface area contributed by atoms with Crippen LogP contribution in [0.2, 0.25) is 0 Å². The van der Waals surface area contributed by atoms with Crippen LogP contribution in [0, 0.1) is 5.92 Å². The fraction of sp³-hybridized carbons (Fsp3) is 0.692. The van der Waals surface area contributed by atoms with Gasteiger partial charge in [-0.15, -0.1) is 0 Å². The molecule has 3 saturated heterocycles. The highest BCUT2D eigenvalue weighted by Gasteiger charge is 2.34. The number of likely N-dealkylation sites (tertiary alicyclic amines) is 2. The molecule has 0 radical (unpaired) electrons. The molecule has 0 aliphatic carbocycles. The number of nitrogens with zero attached hydrogens (tertiary/aromatic N) is 2. The van der Waals surface area contributed by atoms with Gasteiger partial charge in [0.2, 0.25) is 5.91 Å². The number of piperidine rings is 2. The molecule has 6 heteroatoms. The number of amides is 2. The van der Waals surface area contributed by atoms with E-state index in [-0.39, 0.29) is 17.9 Å². The maximum atomic E-state index is 12.9. The van der Waals surface area contributed by atoms with E-state index >= 15 is 0 Å². The van der Waals surface area contributed by atoms with E-state index in [0.29, 0.717) is 5.91 Å². The van der Waals surface area contributed by atoms with Crippen molar-refractivity contribution >= 4 is 23.2 Å². The lowest BCUT2D eigenvalue weighted by atomic mass is 9.94. The van der Waals surface area contributed by atoms with E-state index in [4.69, 9.17) is 0 Å². The van der Waals surface area contributed by atoms with E-state index in [0.717, 1.165) is 70.6 Å². The van der Waals surface area contributed by atoms with Gasteiger partial charge in [-0.05, 0) is 63.3 Å². The third-order valence-electron chi connectivity index (χ3n) is 7.76. The van der Waals surface area contributed by atoms with Crippen LogP contribution in [0.3, 0.4) is 0 Å². The topological polar surface area (TPSA) is 57.1 Å². The van der Waals surface area contributed by atoms with E-state index in [1.807, 2.05) is 19.1 Å². The molecule has 4 rings (SSSR count). The standard InChI is InChI=1S/C26H40N4O2/c1-21(25(31)27-23-9-11-24(12-10-23)29-15-7-4-8-16-29)28-19-13-22(14-20-28)26(32)30-17-5-2-3-6-18-30/h9-12,21-22H,2-8,13-20H2,1H3,(H,27,31)/p+1. The average molecular weight is 442 g/mol. The molecule has 1 aromatic carbocycles. The summed E-state index contributed by atoms with van der Waals surface area (Å²) in [6, 6.07) is 8.19. The first kappa shape index (κ1) is 23.1. The first-order valence-corrected chi connectivity index (χ1v) is 12.9. The van der Waals surface area contributed by atoms with Crippen molar-refractivity contribution in [3.05, 3.63) is 24.3 Å². The first-order chi connectivity index (χ1) is 15.6. The lowest BCUT2D eigenvalue weighted by Gasteiger charge is -2.34. The van der Waals surface area contributed by atoms with E-state index in [1.165, 1.54) is 42.7 Å². The van der Waals surface area contributed by atoms with Crippen molar-refractivity contribution in [2.45, 2.75) is 70.8 Å². The van der Waals surface area contributed by atoms with Gasteiger partial charge in [0.1, 0.15) is 0 Å². The molecule has 6 nitrogen and oxygen atoms in total. The Morgan fingerprint density at radius 2 is 1.44 bits per heavy atom. The molecule has 1 atom stereocenters. The number of anilines is 2. The second-order valence-electron chi connectivity index (χ2n) is 9.98. The molecule has 1 unspecified atom stereocenters. The molecule has 2 amide bonds. The van der Waals surface area contributed by atoms with Crippen molar-refractivity contribution in [2.75, 3.05) is 49.5 Å².